The highest BCUT2D eigenvalue weighted by molar-refractivity contribution is 9.09. The highest BCUT2D eigenvalue weighted by atomic mass is 79.9. The third-order valence-electron chi connectivity index (χ3n) is 1.72. The van der Waals surface area contributed by atoms with E-state index in [4.69, 9.17) is 23.2 Å². The van der Waals surface area contributed by atoms with Crippen molar-refractivity contribution in [1.82, 2.24) is 0 Å². The van der Waals surface area contributed by atoms with Gasteiger partial charge in [0.15, 0.2) is 0 Å². The minimum Gasteiger partial charge on any atom is -0.0922 e. The Morgan fingerprint density at radius 1 is 1.42 bits per heavy atom. The first-order valence-electron chi connectivity index (χ1n) is 3.66. The van der Waals surface area contributed by atoms with Crippen LogP contribution in [0.2, 0.25) is 10.0 Å². The molecule has 0 saturated carbocycles. The molecule has 0 radical (unpaired) electrons. The van der Waals surface area contributed by atoms with Crippen molar-refractivity contribution >= 4 is 39.1 Å². The Labute approximate surface area is 91.0 Å². The molecule has 3 heteroatoms. The Morgan fingerprint density at radius 2 is 2.08 bits per heavy atom. The van der Waals surface area contributed by atoms with E-state index in [0.717, 1.165) is 20.9 Å². The maximum atomic E-state index is 5.99. The molecule has 0 nitrogen and oxygen atoms in total. The van der Waals surface area contributed by atoms with Gasteiger partial charge in [-0.3, -0.25) is 0 Å². The van der Waals surface area contributed by atoms with Gasteiger partial charge in [-0.2, -0.15) is 0 Å². The third kappa shape index (κ3) is 2.38. The zero-order chi connectivity index (χ0) is 9.14. The molecule has 66 valence electrons. The summed E-state index contributed by atoms with van der Waals surface area (Å²) in [7, 11) is 0. The van der Waals surface area contributed by atoms with Gasteiger partial charge in [-0.15, -0.1) is 0 Å². The first-order chi connectivity index (χ1) is 5.65. The second-order valence-corrected chi connectivity index (χ2v) is 4.21. The summed E-state index contributed by atoms with van der Waals surface area (Å²) < 4.78 is 0. The average Bonchev–Trinajstić information content (AvgIpc) is 2.08. The predicted octanol–water partition coefficient (Wildman–Crippen LogP) is 4.49. The normalized spacial score (nSPS) is 13.0. The maximum Gasteiger partial charge on any atom is 0.0442 e. The van der Waals surface area contributed by atoms with Crippen LogP contribution in [0, 0.1) is 0 Å². The molecule has 0 aliphatic carbocycles. The Balaban J connectivity index is 3.04. The molecule has 1 aromatic carbocycles. The van der Waals surface area contributed by atoms with Crippen LogP contribution in [0.4, 0.5) is 0 Å². The van der Waals surface area contributed by atoms with Crippen LogP contribution in [0.1, 0.15) is 18.4 Å². The van der Waals surface area contributed by atoms with Crippen molar-refractivity contribution in [3.63, 3.8) is 0 Å². The van der Waals surface area contributed by atoms with E-state index in [1.165, 1.54) is 0 Å². The number of alkyl halides is 1. The van der Waals surface area contributed by atoms with Crippen LogP contribution >= 0.6 is 39.1 Å². The van der Waals surface area contributed by atoms with Crippen molar-refractivity contribution in [3.8, 4) is 0 Å². The SMILES string of the molecule is CC(CBr)c1cc(Cl)ccc1Cl. The lowest BCUT2D eigenvalue weighted by atomic mass is 10.0. The second kappa shape index (κ2) is 4.50. The molecule has 1 aromatic rings. The topological polar surface area (TPSA) is 0 Å². The van der Waals surface area contributed by atoms with E-state index in [-0.39, 0.29) is 0 Å². The van der Waals surface area contributed by atoms with Crippen LogP contribution in [-0.4, -0.2) is 5.33 Å². The number of halogens is 3. The zero-order valence-corrected chi connectivity index (χ0v) is 9.75. The van der Waals surface area contributed by atoms with E-state index in [1.54, 1.807) is 6.07 Å². The Bertz CT molecular complexity index is 273. The molecule has 0 N–H and O–H groups in total. The van der Waals surface area contributed by atoms with Gasteiger partial charge in [-0.05, 0) is 29.7 Å². The highest BCUT2D eigenvalue weighted by Gasteiger charge is 2.08. The van der Waals surface area contributed by atoms with E-state index in [1.807, 2.05) is 12.1 Å². The fourth-order valence-corrected chi connectivity index (χ4v) is 1.81. The number of rotatable bonds is 2. The van der Waals surface area contributed by atoms with Gasteiger partial charge in [0.1, 0.15) is 0 Å². The predicted molar refractivity (Wildman–Crippen MR) is 58.7 cm³/mol. The molecule has 0 saturated heterocycles. The summed E-state index contributed by atoms with van der Waals surface area (Å²) in [6.45, 7) is 2.10. The molecule has 0 heterocycles. The molecule has 0 aromatic heterocycles. The Morgan fingerprint density at radius 3 is 2.67 bits per heavy atom. The average molecular weight is 268 g/mol. The van der Waals surface area contributed by atoms with Crippen LogP contribution in [0.3, 0.4) is 0 Å². The van der Waals surface area contributed by atoms with Crippen molar-refractivity contribution in [2.75, 3.05) is 5.33 Å². The lowest BCUT2D eigenvalue weighted by Crippen LogP contribution is -1.94. The quantitative estimate of drug-likeness (QED) is 0.693. The first kappa shape index (κ1) is 10.4. The minimum atomic E-state index is 0.399. The molecule has 0 amide bonds. The summed E-state index contributed by atoms with van der Waals surface area (Å²) in [4.78, 5) is 0. The largest absolute Gasteiger partial charge is 0.0922 e. The van der Waals surface area contributed by atoms with E-state index < -0.39 is 0 Å². The summed E-state index contributed by atoms with van der Waals surface area (Å²) in [5.74, 6) is 0.399. The smallest absolute Gasteiger partial charge is 0.0442 e. The molecule has 0 fully saturated rings. The second-order valence-electron chi connectivity index (χ2n) is 2.72. The van der Waals surface area contributed by atoms with Gasteiger partial charge in [-0.1, -0.05) is 46.1 Å². The minimum absolute atomic E-state index is 0.399. The van der Waals surface area contributed by atoms with Crippen molar-refractivity contribution < 1.29 is 0 Å². The summed E-state index contributed by atoms with van der Waals surface area (Å²) in [6.07, 6.45) is 0. The standard InChI is InChI=1S/C9H9BrCl2/c1-6(5-10)8-4-7(11)2-3-9(8)12/h2-4,6H,5H2,1H3. The highest BCUT2D eigenvalue weighted by Crippen LogP contribution is 2.28. The molecule has 12 heavy (non-hydrogen) atoms. The van der Waals surface area contributed by atoms with Gasteiger partial charge in [0, 0.05) is 15.4 Å². The Kier molecular flexibility index (Phi) is 3.88. The van der Waals surface area contributed by atoms with Crippen LogP contribution < -0.4 is 0 Å². The zero-order valence-electron chi connectivity index (χ0n) is 6.65. The van der Waals surface area contributed by atoms with Gasteiger partial charge >= 0.3 is 0 Å². The fourth-order valence-electron chi connectivity index (χ4n) is 0.975. The van der Waals surface area contributed by atoms with Gasteiger partial charge < -0.3 is 0 Å². The summed E-state index contributed by atoms with van der Waals surface area (Å²) >= 11 is 15.2. The summed E-state index contributed by atoms with van der Waals surface area (Å²) in [6, 6.07) is 5.54. The molecule has 0 aliphatic heterocycles. The monoisotopic (exact) mass is 266 g/mol. The first-order valence-corrected chi connectivity index (χ1v) is 5.53. The van der Waals surface area contributed by atoms with Gasteiger partial charge in [0.25, 0.3) is 0 Å². The van der Waals surface area contributed by atoms with E-state index in [2.05, 4.69) is 22.9 Å². The molecule has 1 atom stereocenters. The molecular weight excluding hydrogens is 259 g/mol. The molecular formula is C9H9BrCl2. The van der Waals surface area contributed by atoms with E-state index in [9.17, 15) is 0 Å². The molecule has 0 spiro atoms. The van der Waals surface area contributed by atoms with Crippen LogP contribution in [0.15, 0.2) is 18.2 Å². The Hall–Kier alpha value is 0.280. The van der Waals surface area contributed by atoms with Crippen molar-refractivity contribution in [3.05, 3.63) is 33.8 Å². The van der Waals surface area contributed by atoms with Crippen LogP contribution in [0.25, 0.3) is 0 Å². The van der Waals surface area contributed by atoms with Gasteiger partial charge in [-0.25, -0.2) is 0 Å². The molecule has 0 bridgehead atoms. The molecule has 1 unspecified atom stereocenters. The third-order valence-corrected chi connectivity index (χ3v) is 3.27. The number of benzene rings is 1. The lowest BCUT2D eigenvalue weighted by molar-refractivity contribution is 0.888. The summed E-state index contributed by atoms with van der Waals surface area (Å²) in [5, 5.41) is 2.42. The summed E-state index contributed by atoms with van der Waals surface area (Å²) in [5.41, 5.74) is 1.10. The van der Waals surface area contributed by atoms with Crippen molar-refractivity contribution in [2.24, 2.45) is 0 Å². The number of hydrogen-bond donors (Lipinski definition) is 0. The number of hydrogen-bond acceptors (Lipinski definition) is 0. The maximum absolute atomic E-state index is 5.99. The lowest BCUT2D eigenvalue weighted by Gasteiger charge is -2.10. The van der Waals surface area contributed by atoms with Gasteiger partial charge in [0.05, 0.1) is 0 Å². The van der Waals surface area contributed by atoms with Gasteiger partial charge in [0.2, 0.25) is 0 Å². The van der Waals surface area contributed by atoms with Crippen LogP contribution in [-0.2, 0) is 0 Å². The van der Waals surface area contributed by atoms with Crippen LogP contribution in [0.5, 0.6) is 0 Å². The van der Waals surface area contributed by atoms with E-state index in [0.29, 0.717) is 5.92 Å². The van der Waals surface area contributed by atoms with Crippen molar-refractivity contribution in [2.45, 2.75) is 12.8 Å². The molecule has 0 aliphatic rings. The van der Waals surface area contributed by atoms with Crippen molar-refractivity contribution in [1.29, 1.82) is 0 Å². The van der Waals surface area contributed by atoms with E-state index >= 15 is 0 Å². The molecule has 1 rings (SSSR count). The fraction of sp³-hybridized carbons (Fsp3) is 0.333.